The maximum absolute atomic E-state index is 11.4. The van der Waals surface area contributed by atoms with Gasteiger partial charge >= 0.3 is 0 Å². The molecule has 0 radical (unpaired) electrons. The molecule has 0 atom stereocenters. The highest BCUT2D eigenvalue weighted by Crippen LogP contribution is 2.15. The van der Waals surface area contributed by atoms with Crippen LogP contribution in [-0.2, 0) is 4.79 Å². The number of nitrogen functional groups attached to an aromatic ring is 2. The predicted octanol–water partition coefficient (Wildman–Crippen LogP) is -1.03. The number of amides is 1. The van der Waals surface area contributed by atoms with Gasteiger partial charge in [-0.1, -0.05) is 0 Å². The van der Waals surface area contributed by atoms with Gasteiger partial charge in [0.25, 0.3) is 0 Å². The van der Waals surface area contributed by atoms with Crippen molar-refractivity contribution in [3.8, 4) is 0 Å². The van der Waals surface area contributed by atoms with Crippen LogP contribution < -0.4 is 21.7 Å². The maximum atomic E-state index is 11.4. The van der Waals surface area contributed by atoms with E-state index in [0.717, 1.165) is 13.0 Å². The lowest BCUT2D eigenvalue weighted by molar-refractivity contribution is -0.119. The topological polar surface area (TPSA) is 110 Å². The molecule has 16 heavy (non-hydrogen) atoms. The largest absolute Gasteiger partial charge is 0.383 e. The number of hydrogen-bond acceptors (Lipinski definition) is 6. The number of nitrogens with one attached hydrogen (secondary N) is 1. The van der Waals surface area contributed by atoms with Crippen molar-refractivity contribution in [1.82, 2.24) is 15.3 Å². The van der Waals surface area contributed by atoms with Crippen LogP contribution >= 0.6 is 0 Å². The lowest BCUT2D eigenvalue weighted by Gasteiger charge is -2.20. The van der Waals surface area contributed by atoms with E-state index in [1.54, 1.807) is 6.07 Å². The van der Waals surface area contributed by atoms with Crippen molar-refractivity contribution in [3.63, 3.8) is 0 Å². The molecule has 1 aliphatic rings. The number of carbonyl (C=O) groups is 1. The Hall–Kier alpha value is -2.05. The van der Waals surface area contributed by atoms with E-state index in [1.807, 2.05) is 4.90 Å². The number of anilines is 3. The first-order valence-corrected chi connectivity index (χ1v) is 5.07. The molecule has 5 N–H and O–H groups in total. The van der Waals surface area contributed by atoms with Crippen LogP contribution in [0.5, 0.6) is 0 Å². The molecule has 1 saturated heterocycles. The zero-order valence-electron chi connectivity index (χ0n) is 8.81. The third kappa shape index (κ3) is 2.30. The van der Waals surface area contributed by atoms with Crippen molar-refractivity contribution < 1.29 is 4.79 Å². The van der Waals surface area contributed by atoms with E-state index in [1.165, 1.54) is 0 Å². The summed E-state index contributed by atoms with van der Waals surface area (Å²) in [6.07, 6.45) is 0.871. The summed E-state index contributed by atoms with van der Waals surface area (Å²) < 4.78 is 0. The van der Waals surface area contributed by atoms with Crippen molar-refractivity contribution in [2.24, 2.45) is 0 Å². The molecular weight excluding hydrogens is 208 g/mol. The van der Waals surface area contributed by atoms with Gasteiger partial charge in [0.15, 0.2) is 0 Å². The number of nitrogens with two attached hydrogens (primary N) is 2. The van der Waals surface area contributed by atoms with Crippen molar-refractivity contribution in [2.75, 3.05) is 36.0 Å². The fourth-order valence-corrected chi connectivity index (χ4v) is 1.64. The standard InChI is InChI=1S/C9H14N6O/c10-6-4-7(14-9(11)13-6)15-3-1-2-12-8(16)5-15/h4H,1-3,5H2,(H,12,16)(H4,10,11,13,14). The van der Waals surface area contributed by atoms with Crippen molar-refractivity contribution in [1.29, 1.82) is 0 Å². The molecule has 0 aromatic carbocycles. The Balaban J connectivity index is 2.24. The van der Waals surface area contributed by atoms with Crippen LogP contribution in [0.1, 0.15) is 6.42 Å². The maximum Gasteiger partial charge on any atom is 0.239 e. The molecule has 1 aliphatic heterocycles. The Kier molecular flexibility index (Phi) is 2.76. The van der Waals surface area contributed by atoms with Crippen LogP contribution in [0.15, 0.2) is 6.07 Å². The summed E-state index contributed by atoms with van der Waals surface area (Å²) in [5.74, 6) is 1.02. The van der Waals surface area contributed by atoms with E-state index in [0.29, 0.717) is 18.2 Å². The van der Waals surface area contributed by atoms with E-state index in [-0.39, 0.29) is 18.4 Å². The van der Waals surface area contributed by atoms with Gasteiger partial charge in [0.1, 0.15) is 11.6 Å². The zero-order chi connectivity index (χ0) is 11.5. The van der Waals surface area contributed by atoms with E-state index in [2.05, 4.69) is 15.3 Å². The van der Waals surface area contributed by atoms with Crippen LogP contribution in [0, 0.1) is 0 Å². The van der Waals surface area contributed by atoms with Gasteiger partial charge in [-0.15, -0.1) is 0 Å². The molecule has 0 aliphatic carbocycles. The molecule has 86 valence electrons. The van der Waals surface area contributed by atoms with Crippen molar-refractivity contribution >= 4 is 23.5 Å². The van der Waals surface area contributed by atoms with Gasteiger partial charge in [0, 0.05) is 19.2 Å². The number of rotatable bonds is 1. The molecule has 1 aromatic rings. The highest BCUT2D eigenvalue weighted by Gasteiger charge is 2.16. The number of carbonyl (C=O) groups excluding carboxylic acids is 1. The Labute approximate surface area is 92.8 Å². The highest BCUT2D eigenvalue weighted by atomic mass is 16.2. The van der Waals surface area contributed by atoms with Crippen LogP contribution in [0.25, 0.3) is 0 Å². The molecule has 7 nitrogen and oxygen atoms in total. The second kappa shape index (κ2) is 4.21. The van der Waals surface area contributed by atoms with E-state index < -0.39 is 0 Å². The van der Waals surface area contributed by atoms with E-state index in [9.17, 15) is 4.79 Å². The third-order valence-electron chi connectivity index (χ3n) is 2.34. The van der Waals surface area contributed by atoms with Gasteiger partial charge in [0.05, 0.1) is 6.54 Å². The minimum absolute atomic E-state index is 0.0201. The Morgan fingerprint density at radius 2 is 2.19 bits per heavy atom. The molecule has 1 amide bonds. The quantitative estimate of drug-likeness (QED) is 0.560. The molecule has 0 unspecified atom stereocenters. The molecule has 0 saturated carbocycles. The first kappa shape index (κ1) is 10.5. The van der Waals surface area contributed by atoms with Gasteiger partial charge in [0.2, 0.25) is 11.9 Å². The second-order valence-electron chi connectivity index (χ2n) is 3.63. The van der Waals surface area contributed by atoms with Crippen LogP contribution in [0.4, 0.5) is 17.6 Å². The van der Waals surface area contributed by atoms with Crippen LogP contribution in [0.3, 0.4) is 0 Å². The van der Waals surface area contributed by atoms with Crippen molar-refractivity contribution in [3.05, 3.63) is 6.07 Å². The molecule has 7 heteroatoms. The Bertz CT molecular complexity index is 387. The summed E-state index contributed by atoms with van der Waals surface area (Å²) in [5.41, 5.74) is 11.1. The lowest BCUT2D eigenvalue weighted by Crippen LogP contribution is -2.33. The average molecular weight is 222 g/mol. The first-order valence-electron chi connectivity index (χ1n) is 5.07. The van der Waals surface area contributed by atoms with Gasteiger partial charge < -0.3 is 21.7 Å². The minimum Gasteiger partial charge on any atom is -0.383 e. The number of nitrogens with zero attached hydrogens (tertiary/aromatic N) is 3. The summed E-state index contributed by atoms with van der Waals surface area (Å²) in [7, 11) is 0. The normalized spacial score (nSPS) is 16.8. The van der Waals surface area contributed by atoms with Gasteiger partial charge in [-0.2, -0.15) is 9.97 Å². The van der Waals surface area contributed by atoms with E-state index >= 15 is 0 Å². The molecule has 2 rings (SSSR count). The van der Waals surface area contributed by atoms with Gasteiger partial charge in [-0.3, -0.25) is 4.79 Å². The average Bonchev–Trinajstić information content (AvgIpc) is 2.41. The summed E-state index contributed by atoms with van der Waals surface area (Å²) in [6, 6.07) is 1.62. The molecule has 1 aromatic heterocycles. The number of aromatic nitrogens is 2. The summed E-state index contributed by atoms with van der Waals surface area (Å²) in [6.45, 7) is 1.70. The van der Waals surface area contributed by atoms with Crippen LogP contribution in [0.2, 0.25) is 0 Å². The molecule has 2 heterocycles. The molecule has 1 fully saturated rings. The minimum atomic E-state index is -0.0201. The predicted molar refractivity (Wildman–Crippen MR) is 60.7 cm³/mol. The third-order valence-corrected chi connectivity index (χ3v) is 2.34. The number of hydrogen-bond donors (Lipinski definition) is 3. The van der Waals surface area contributed by atoms with Crippen LogP contribution in [-0.4, -0.2) is 35.5 Å². The van der Waals surface area contributed by atoms with Crippen molar-refractivity contribution in [2.45, 2.75) is 6.42 Å². The summed E-state index contributed by atoms with van der Waals surface area (Å²) in [5, 5.41) is 2.79. The zero-order valence-corrected chi connectivity index (χ0v) is 8.81. The Morgan fingerprint density at radius 3 is 2.94 bits per heavy atom. The summed E-state index contributed by atoms with van der Waals surface area (Å²) >= 11 is 0. The second-order valence-corrected chi connectivity index (χ2v) is 3.63. The molecule has 0 spiro atoms. The molecule has 0 bridgehead atoms. The first-order chi connectivity index (χ1) is 7.65. The Morgan fingerprint density at radius 1 is 1.38 bits per heavy atom. The highest BCUT2D eigenvalue weighted by molar-refractivity contribution is 5.81. The SMILES string of the molecule is Nc1cc(N2CCCNC(=O)C2)nc(N)n1. The smallest absolute Gasteiger partial charge is 0.239 e. The monoisotopic (exact) mass is 222 g/mol. The van der Waals surface area contributed by atoms with Gasteiger partial charge in [-0.05, 0) is 6.42 Å². The van der Waals surface area contributed by atoms with E-state index in [4.69, 9.17) is 11.5 Å². The lowest BCUT2D eigenvalue weighted by atomic mass is 10.4. The summed E-state index contributed by atoms with van der Waals surface area (Å²) in [4.78, 5) is 21.1. The molecular formula is C9H14N6O. The fraction of sp³-hybridized carbons (Fsp3) is 0.444. The fourth-order valence-electron chi connectivity index (χ4n) is 1.64. The van der Waals surface area contributed by atoms with Gasteiger partial charge in [-0.25, -0.2) is 0 Å².